The van der Waals surface area contributed by atoms with E-state index >= 15 is 0 Å². The number of nitrogens with zero attached hydrogens (tertiary/aromatic N) is 2. The molecule has 2 aromatic carbocycles. The normalized spacial score (nSPS) is 15.2. The van der Waals surface area contributed by atoms with Crippen LogP contribution in [0.25, 0.3) is 0 Å². The predicted octanol–water partition coefficient (Wildman–Crippen LogP) is 1.92. The molecule has 28 heavy (non-hydrogen) atoms. The monoisotopic (exact) mass is 407 g/mol. The molecule has 0 radical (unpaired) electrons. The number of carbonyl (C=O) groups excluding carboxylic acids is 1. The summed E-state index contributed by atoms with van der Waals surface area (Å²) >= 11 is 0. The molecule has 0 spiro atoms. The van der Waals surface area contributed by atoms with Crippen LogP contribution in [0.1, 0.15) is 0 Å². The second-order valence-corrected chi connectivity index (χ2v) is 8.18. The summed E-state index contributed by atoms with van der Waals surface area (Å²) in [5, 5.41) is 2.76. The van der Waals surface area contributed by atoms with Crippen molar-refractivity contribution in [2.75, 3.05) is 39.3 Å². The molecule has 150 valence electrons. The predicted molar refractivity (Wildman–Crippen MR) is 102 cm³/mol. The van der Waals surface area contributed by atoms with Crippen molar-refractivity contribution in [3.63, 3.8) is 0 Å². The van der Waals surface area contributed by atoms with Gasteiger partial charge in [0.15, 0.2) is 0 Å². The first-order chi connectivity index (χ1) is 13.5. The van der Waals surface area contributed by atoms with E-state index in [1.54, 1.807) is 4.90 Å². The van der Waals surface area contributed by atoms with Crippen molar-refractivity contribution in [2.45, 2.75) is 4.90 Å². The molecule has 7 nitrogen and oxygen atoms in total. The van der Waals surface area contributed by atoms with Gasteiger partial charge in [0.25, 0.3) is 0 Å². The Morgan fingerprint density at radius 1 is 1.04 bits per heavy atom. The van der Waals surface area contributed by atoms with Crippen LogP contribution in [-0.4, -0.2) is 63.0 Å². The summed E-state index contributed by atoms with van der Waals surface area (Å²) in [6.07, 6.45) is 0. The van der Waals surface area contributed by atoms with Gasteiger partial charge in [-0.1, -0.05) is 24.3 Å². The molecule has 0 atom stereocenters. The summed E-state index contributed by atoms with van der Waals surface area (Å²) in [5.74, 6) is 0.129. The molecule has 0 aliphatic carbocycles. The van der Waals surface area contributed by atoms with Gasteiger partial charge < -0.3 is 15.0 Å². The van der Waals surface area contributed by atoms with E-state index in [4.69, 9.17) is 4.74 Å². The van der Waals surface area contributed by atoms with Gasteiger partial charge in [-0.2, -0.15) is 4.31 Å². The third-order valence-corrected chi connectivity index (χ3v) is 6.24. The topological polar surface area (TPSA) is 79.0 Å². The SMILES string of the molecule is O=C(NCCOc1ccccc1)N1CCN(S(=O)(=O)c2cccc(F)c2)CC1. The molecule has 1 N–H and O–H groups in total. The van der Waals surface area contributed by atoms with Gasteiger partial charge in [0, 0.05) is 26.2 Å². The quantitative estimate of drug-likeness (QED) is 0.742. The first-order valence-corrected chi connectivity index (χ1v) is 10.4. The molecule has 1 heterocycles. The van der Waals surface area contributed by atoms with Crippen LogP contribution in [0.15, 0.2) is 59.5 Å². The minimum Gasteiger partial charge on any atom is -0.492 e. The van der Waals surface area contributed by atoms with Crippen LogP contribution in [0, 0.1) is 5.82 Å². The Balaban J connectivity index is 1.45. The number of rotatable bonds is 6. The highest BCUT2D eigenvalue weighted by Crippen LogP contribution is 2.18. The van der Waals surface area contributed by atoms with Crippen molar-refractivity contribution in [1.29, 1.82) is 0 Å². The summed E-state index contributed by atoms with van der Waals surface area (Å²) in [6.45, 7) is 1.53. The van der Waals surface area contributed by atoms with Crippen molar-refractivity contribution in [3.05, 3.63) is 60.4 Å². The second kappa shape index (κ2) is 9.03. The first kappa shape index (κ1) is 20.1. The van der Waals surface area contributed by atoms with Gasteiger partial charge in [0.1, 0.15) is 18.2 Å². The van der Waals surface area contributed by atoms with Crippen molar-refractivity contribution in [2.24, 2.45) is 0 Å². The minimum atomic E-state index is -3.77. The Morgan fingerprint density at radius 3 is 2.43 bits per heavy atom. The maximum Gasteiger partial charge on any atom is 0.317 e. The number of halogens is 1. The number of amides is 2. The smallest absolute Gasteiger partial charge is 0.317 e. The highest BCUT2D eigenvalue weighted by molar-refractivity contribution is 7.89. The Labute approximate surface area is 163 Å². The van der Waals surface area contributed by atoms with Crippen molar-refractivity contribution >= 4 is 16.1 Å². The van der Waals surface area contributed by atoms with Crippen molar-refractivity contribution < 1.29 is 22.3 Å². The van der Waals surface area contributed by atoms with Crippen LogP contribution in [0.5, 0.6) is 5.75 Å². The van der Waals surface area contributed by atoms with Gasteiger partial charge in [-0.3, -0.25) is 0 Å². The molecule has 0 unspecified atom stereocenters. The highest BCUT2D eigenvalue weighted by atomic mass is 32.2. The number of hydrogen-bond acceptors (Lipinski definition) is 4. The van der Waals surface area contributed by atoms with E-state index in [0.717, 1.165) is 11.8 Å². The minimum absolute atomic E-state index is 0.0801. The number of hydrogen-bond donors (Lipinski definition) is 1. The zero-order valence-electron chi connectivity index (χ0n) is 15.3. The Hall–Kier alpha value is -2.65. The van der Waals surface area contributed by atoms with E-state index in [-0.39, 0.29) is 37.1 Å². The lowest BCUT2D eigenvalue weighted by molar-refractivity contribution is 0.170. The highest BCUT2D eigenvalue weighted by Gasteiger charge is 2.30. The van der Waals surface area contributed by atoms with E-state index in [1.165, 1.54) is 22.5 Å². The fraction of sp³-hybridized carbons (Fsp3) is 0.316. The van der Waals surface area contributed by atoms with Gasteiger partial charge >= 0.3 is 6.03 Å². The molecule has 1 aliphatic rings. The van der Waals surface area contributed by atoms with E-state index in [2.05, 4.69) is 5.32 Å². The second-order valence-electron chi connectivity index (χ2n) is 6.24. The number of nitrogens with one attached hydrogen (secondary N) is 1. The molecular formula is C19H22FN3O4S. The maximum absolute atomic E-state index is 13.3. The zero-order chi connectivity index (χ0) is 20.0. The average Bonchev–Trinajstić information content (AvgIpc) is 2.72. The molecular weight excluding hydrogens is 385 g/mol. The standard InChI is InChI=1S/C19H22FN3O4S/c20-16-5-4-8-18(15-16)28(25,26)23-12-10-22(11-13-23)19(24)21-9-14-27-17-6-2-1-3-7-17/h1-8,15H,9-14H2,(H,21,24). The Morgan fingerprint density at radius 2 is 1.75 bits per heavy atom. The number of benzene rings is 2. The van der Waals surface area contributed by atoms with Crippen LogP contribution in [0.3, 0.4) is 0 Å². The number of carbonyl (C=O) groups is 1. The van der Waals surface area contributed by atoms with Crippen LogP contribution < -0.4 is 10.1 Å². The molecule has 1 fully saturated rings. The van der Waals surface area contributed by atoms with Crippen LogP contribution in [-0.2, 0) is 10.0 Å². The summed E-state index contributed by atoms with van der Waals surface area (Å²) in [5.41, 5.74) is 0. The van der Waals surface area contributed by atoms with Gasteiger partial charge in [0.05, 0.1) is 11.4 Å². The molecule has 2 aromatic rings. The third kappa shape index (κ3) is 4.99. The van der Waals surface area contributed by atoms with E-state index in [9.17, 15) is 17.6 Å². The zero-order valence-corrected chi connectivity index (χ0v) is 16.1. The van der Waals surface area contributed by atoms with Gasteiger partial charge in [-0.25, -0.2) is 17.6 Å². The molecule has 9 heteroatoms. The Kier molecular flexibility index (Phi) is 6.48. The van der Waals surface area contributed by atoms with Crippen LogP contribution >= 0.6 is 0 Å². The van der Waals surface area contributed by atoms with E-state index < -0.39 is 15.8 Å². The number of para-hydroxylation sites is 1. The first-order valence-electron chi connectivity index (χ1n) is 8.93. The molecule has 2 amide bonds. The maximum atomic E-state index is 13.3. The summed E-state index contributed by atoms with van der Waals surface area (Å²) in [4.78, 5) is 13.7. The molecule has 0 saturated carbocycles. The largest absolute Gasteiger partial charge is 0.492 e. The van der Waals surface area contributed by atoms with Gasteiger partial charge in [-0.05, 0) is 30.3 Å². The summed E-state index contributed by atoms with van der Waals surface area (Å²) in [7, 11) is -3.77. The fourth-order valence-electron chi connectivity index (χ4n) is 2.86. The summed E-state index contributed by atoms with van der Waals surface area (Å²) < 4.78 is 45.3. The average molecular weight is 407 g/mol. The molecule has 3 rings (SSSR count). The van der Waals surface area contributed by atoms with Gasteiger partial charge in [0.2, 0.25) is 10.0 Å². The molecule has 0 bridgehead atoms. The Bertz CT molecular complexity index is 900. The van der Waals surface area contributed by atoms with Gasteiger partial charge in [-0.15, -0.1) is 0 Å². The lowest BCUT2D eigenvalue weighted by Crippen LogP contribution is -2.53. The molecule has 0 aromatic heterocycles. The van der Waals surface area contributed by atoms with E-state index in [0.29, 0.717) is 13.2 Å². The number of sulfonamides is 1. The van der Waals surface area contributed by atoms with Crippen LogP contribution in [0.4, 0.5) is 9.18 Å². The molecule has 1 saturated heterocycles. The number of urea groups is 1. The number of piperazine rings is 1. The fourth-order valence-corrected chi connectivity index (χ4v) is 4.32. The number of ether oxygens (including phenoxy) is 1. The van der Waals surface area contributed by atoms with Crippen molar-refractivity contribution in [3.8, 4) is 5.75 Å². The van der Waals surface area contributed by atoms with Crippen molar-refractivity contribution in [1.82, 2.24) is 14.5 Å². The van der Waals surface area contributed by atoms with E-state index in [1.807, 2.05) is 30.3 Å². The lowest BCUT2D eigenvalue weighted by Gasteiger charge is -2.34. The summed E-state index contributed by atoms with van der Waals surface area (Å²) in [6, 6.07) is 14.0. The molecule has 1 aliphatic heterocycles. The lowest BCUT2D eigenvalue weighted by atomic mass is 10.3. The third-order valence-electron chi connectivity index (χ3n) is 4.35. The van der Waals surface area contributed by atoms with Crippen LogP contribution in [0.2, 0.25) is 0 Å².